The molecule has 0 fully saturated rings. The second-order valence-corrected chi connectivity index (χ2v) is 7.28. The van der Waals surface area contributed by atoms with Gasteiger partial charge in [0.25, 0.3) is 5.69 Å². The zero-order valence-corrected chi connectivity index (χ0v) is 16.5. The molecule has 7 nitrogen and oxygen atoms in total. The van der Waals surface area contributed by atoms with E-state index in [1.165, 1.54) is 25.3 Å². The molecule has 1 aromatic heterocycles. The lowest BCUT2D eigenvalue weighted by Gasteiger charge is -2.17. The molecular weight excluding hydrogens is 398 g/mol. The van der Waals surface area contributed by atoms with Crippen molar-refractivity contribution < 1.29 is 18.8 Å². The van der Waals surface area contributed by atoms with E-state index < -0.39 is 4.92 Å². The Hall–Kier alpha value is -3.06. The molecule has 150 valence electrons. The maximum absolute atomic E-state index is 12.3. The first-order chi connectivity index (χ1) is 14.0. The molecule has 29 heavy (non-hydrogen) atoms. The number of halogens is 1. The first-order valence-electron chi connectivity index (χ1n) is 9.20. The quantitative estimate of drug-likeness (QED) is 0.337. The molecule has 0 unspecified atom stereocenters. The van der Waals surface area contributed by atoms with Gasteiger partial charge in [0.05, 0.1) is 17.1 Å². The van der Waals surface area contributed by atoms with E-state index in [-0.39, 0.29) is 17.9 Å². The largest absolute Gasteiger partial charge is 0.496 e. The van der Waals surface area contributed by atoms with Crippen LogP contribution in [0.25, 0.3) is 11.0 Å². The van der Waals surface area contributed by atoms with Gasteiger partial charge in [-0.15, -0.1) is 0 Å². The molecule has 0 amide bonds. The molecule has 0 atom stereocenters. The van der Waals surface area contributed by atoms with Gasteiger partial charge in [-0.25, -0.2) is 4.79 Å². The third kappa shape index (κ3) is 3.65. The van der Waals surface area contributed by atoms with Crippen LogP contribution in [-0.4, -0.2) is 12.0 Å². The second-order valence-electron chi connectivity index (χ2n) is 6.87. The molecule has 0 saturated carbocycles. The third-order valence-electron chi connectivity index (χ3n) is 5.13. The molecule has 3 aromatic rings. The Morgan fingerprint density at radius 1 is 1.14 bits per heavy atom. The highest BCUT2D eigenvalue weighted by molar-refractivity contribution is 6.32. The number of benzene rings is 2. The number of methoxy groups -OCH3 is 1. The van der Waals surface area contributed by atoms with Gasteiger partial charge in [0, 0.05) is 34.7 Å². The first-order valence-corrected chi connectivity index (χ1v) is 9.58. The smallest absolute Gasteiger partial charge is 0.339 e. The minimum absolute atomic E-state index is 0.00521. The van der Waals surface area contributed by atoms with Gasteiger partial charge in [0.1, 0.15) is 23.7 Å². The number of rotatable bonds is 5. The van der Waals surface area contributed by atoms with Crippen LogP contribution in [0.1, 0.15) is 29.5 Å². The lowest BCUT2D eigenvalue weighted by atomic mass is 9.91. The van der Waals surface area contributed by atoms with Crippen molar-refractivity contribution in [2.24, 2.45) is 0 Å². The molecule has 0 saturated heterocycles. The number of nitro groups is 1. The molecule has 4 rings (SSSR count). The van der Waals surface area contributed by atoms with Gasteiger partial charge in [0.2, 0.25) is 0 Å². The predicted octanol–water partition coefficient (Wildman–Crippen LogP) is 4.82. The summed E-state index contributed by atoms with van der Waals surface area (Å²) in [7, 11) is 1.48. The Balaban J connectivity index is 1.69. The summed E-state index contributed by atoms with van der Waals surface area (Å²) in [6.07, 6.45) is 3.53. The van der Waals surface area contributed by atoms with Crippen LogP contribution in [0.5, 0.6) is 11.5 Å². The van der Waals surface area contributed by atoms with Crippen LogP contribution < -0.4 is 15.1 Å². The van der Waals surface area contributed by atoms with E-state index >= 15 is 0 Å². The number of nitrogens with zero attached hydrogens (tertiary/aromatic N) is 1. The third-order valence-corrected chi connectivity index (χ3v) is 5.43. The van der Waals surface area contributed by atoms with Crippen LogP contribution in [0.15, 0.2) is 39.5 Å². The molecule has 0 aliphatic heterocycles. The molecular formula is C21H18ClNO6. The van der Waals surface area contributed by atoms with E-state index in [1.807, 2.05) is 0 Å². The summed E-state index contributed by atoms with van der Waals surface area (Å²) in [5.41, 5.74) is 2.27. The van der Waals surface area contributed by atoms with Crippen molar-refractivity contribution in [1.29, 1.82) is 0 Å². The van der Waals surface area contributed by atoms with Crippen molar-refractivity contribution in [3.05, 3.63) is 72.6 Å². The van der Waals surface area contributed by atoms with Crippen LogP contribution >= 0.6 is 11.6 Å². The van der Waals surface area contributed by atoms with E-state index in [0.29, 0.717) is 27.7 Å². The number of nitro benzene ring substituents is 1. The summed E-state index contributed by atoms with van der Waals surface area (Å²) >= 11 is 6.42. The highest BCUT2D eigenvalue weighted by atomic mass is 35.5. The standard InChI is InChI=1S/C21H18ClNO6/c1-27-18-7-6-13(23(25)26)8-12(18)11-28-20-10-19-16(9-17(20)22)14-4-2-3-5-15(14)21(24)29-19/h6-10H,2-5,11H2,1H3. The lowest BCUT2D eigenvalue weighted by Crippen LogP contribution is -2.15. The van der Waals surface area contributed by atoms with Gasteiger partial charge < -0.3 is 13.9 Å². The van der Waals surface area contributed by atoms with Crippen molar-refractivity contribution >= 4 is 28.3 Å². The fraction of sp³-hybridized carbons (Fsp3) is 0.286. The minimum atomic E-state index is -0.482. The number of hydrogen-bond donors (Lipinski definition) is 0. The van der Waals surface area contributed by atoms with E-state index in [9.17, 15) is 14.9 Å². The molecule has 2 aromatic carbocycles. The average molecular weight is 416 g/mol. The summed E-state index contributed by atoms with van der Waals surface area (Å²) in [5, 5.41) is 12.2. The summed E-state index contributed by atoms with van der Waals surface area (Å²) in [6, 6.07) is 7.62. The Kier molecular flexibility index (Phi) is 5.15. The topological polar surface area (TPSA) is 91.8 Å². The molecule has 0 spiro atoms. The average Bonchev–Trinajstić information content (AvgIpc) is 2.73. The van der Waals surface area contributed by atoms with Crippen LogP contribution in [0.3, 0.4) is 0 Å². The summed E-state index contributed by atoms with van der Waals surface area (Å²) in [5.74, 6) is 0.791. The highest BCUT2D eigenvalue weighted by Crippen LogP contribution is 2.35. The minimum Gasteiger partial charge on any atom is -0.496 e. The molecule has 0 N–H and O–H groups in total. The van der Waals surface area contributed by atoms with Crippen LogP contribution in [0.4, 0.5) is 5.69 Å². The summed E-state index contributed by atoms with van der Waals surface area (Å²) in [4.78, 5) is 22.9. The van der Waals surface area contributed by atoms with Gasteiger partial charge in [-0.2, -0.15) is 0 Å². The summed E-state index contributed by atoms with van der Waals surface area (Å²) in [6.45, 7) is 0.00521. The Bertz CT molecular complexity index is 1170. The molecule has 1 aliphatic carbocycles. The van der Waals surface area contributed by atoms with E-state index in [0.717, 1.165) is 42.2 Å². The maximum atomic E-state index is 12.3. The number of aryl methyl sites for hydroxylation is 1. The van der Waals surface area contributed by atoms with Gasteiger partial charge >= 0.3 is 5.63 Å². The van der Waals surface area contributed by atoms with Crippen molar-refractivity contribution in [1.82, 2.24) is 0 Å². The van der Waals surface area contributed by atoms with Gasteiger partial charge in [0.15, 0.2) is 0 Å². The van der Waals surface area contributed by atoms with Crippen molar-refractivity contribution in [2.45, 2.75) is 32.3 Å². The van der Waals surface area contributed by atoms with Gasteiger partial charge in [-0.3, -0.25) is 10.1 Å². The first kappa shape index (κ1) is 19.3. The maximum Gasteiger partial charge on any atom is 0.339 e. The normalized spacial score (nSPS) is 13.2. The summed E-state index contributed by atoms with van der Waals surface area (Å²) < 4.78 is 16.5. The highest BCUT2D eigenvalue weighted by Gasteiger charge is 2.20. The van der Waals surface area contributed by atoms with E-state index in [2.05, 4.69) is 0 Å². The second kappa shape index (κ2) is 7.75. The van der Waals surface area contributed by atoms with E-state index in [4.69, 9.17) is 25.5 Å². The monoisotopic (exact) mass is 415 g/mol. The van der Waals surface area contributed by atoms with Gasteiger partial charge in [-0.1, -0.05) is 11.6 Å². The SMILES string of the molecule is COc1ccc([N+](=O)[O-])cc1COc1cc2oc(=O)c3c(c2cc1Cl)CCCC3. The Morgan fingerprint density at radius 3 is 2.62 bits per heavy atom. The Labute approximate surface area is 171 Å². The van der Waals surface area contributed by atoms with Crippen molar-refractivity contribution in [3.63, 3.8) is 0 Å². The zero-order chi connectivity index (χ0) is 20.5. The molecule has 0 radical (unpaired) electrons. The zero-order valence-electron chi connectivity index (χ0n) is 15.7. The number of non-ortho nitro benzene ring substituents is 1. The van der Waals surface area contributed by atoms with E-state index in [1.54, 1.807) is 12.1 Å². The molecule has 0 bridgehead atoms. The number of hydrogen-bond acceptors (Lipinski definition) is 6. The fourth-order valence-electron chi connectivity index (χ4n) is 3.70. The lowest BCUT2D eigenvalue weighted by molar-refractivity contribution is -0.385. The molecule has 1 aliphatic rings. The molecule has 1 heterocycles. The van der Waals surface area contributed by atoms with Crippen LogP contribution in [0.2, 0.25) is 5.02 Å². The van der Waals surface area contributed by atoms with Crippen LogP contribution in [0, 0.1) is 10.1 Å². The predicted molar refractivity (Wildman–Crippen MR) is 108 cm³/mol. The number of fused-ring (bicyclic) bond motifs is 3. The van der Waals surface area contributed by atoms with Crippen molar-refractivity contribution in [3.8, 4) is 11.5 Å². The van der Waals surface area contributed by atoms with Gasteiger partial charge in [-0.05, 0) is 43.4 Å². The Morgan fingerprint density at radius 2 is 1.90 bits per heavy atom. The number of ether oxygens (including phenoxy) is 2. The van der Waals surface area contributed by atoms with Crippen molar-refractivity contribution in [2.75, 3.05) is 7.11 Å². The molecule has 8 heteroatoms. The van der Waals surface area contributed by atoms with Crippen LogP contribution in [-0.2, 0) is 19.4 Å². The fourth-order valence-corrected chi connectivity index (χ4v) is 3.92.